The molecule has 5 heteroatoms. The average molecular weight is 1120 g/mol. The van der Waals surface area contributed by atoms with Gasteiger partial charge in [0, 0.05) is 60.7 Å². The lowest BCUT2D eigenvalue weighted by Crippen LogP contribution is -1.99. The molecule has 0 saturated carbocycles. The third-order valence-corrected chi connectivity index (χ3v) is 17.2. The van der Waals surface area contributed by atoms with Gasteiger partial charge in [-0.25, -0.2) is 9.97 Å². The van der Waals surface area contributed by atoms with Gasteiger partial charge >= 0.3 is 0 Å². The molecule has 3 heterocycles. The van der Waals surface area contributed by atoms with Crippen LogP contribution in [0, 0.1) is 11.3 Å². The molecule has 5 nitrogen and oxygen atoms in total. The molecule has 16 rings (SSSR count). The molecule has 0 unspecified atom stereocenters. The van der Waals surface area contributed by atoms with E-state index >= 15 is 0 Å². The quantitative estimate of drug-likeness (QED) is 0.130. The predicted octanol–water partition coefficient (Wildman–Crippen LogP) is 21.5. The van der Waals surface area contributed by atoms with Gasteiger partial charge < -0.3 is 9.13 Å². The minimum atomic E-state index is 0.568. The molecule has 0 radical (unpaired) electrons. The Labute approximate surface area is 510 Å². The zero-order valence-electron chi connectivity index (χ0n) is 47.8. The number of hydrogen-bond donors (Lipinski definition) is 0. The van der Waals surface area contributed by atoms with E-state index in [1.165, 1.54) is 43.8 Å². The summed E-state index contributed by atoms with van der Waals surface area (Å²) in [6.07, 6.45) is 0. The summed E-state index contributed by atoms with van der Waals surface area (Å²) in [5.74, 6) is 0.618. The van der Waals surface area contributed by atoms with E-state index in [1.54, 1.807) is 0 Å². The zero-order valence-corrected chi connectivity index (χ0v) is 47.8. The summed E-state index contributed by atoms with van der Waals surface area (Å²) >= 11 is 0. The first-order valence-corrected chi connectivity index (χ1v) is 29.8. The Morgan fingerprint density at radius 3 is 0.841 bits per heavy atom. The summed E-state index contributed by atoms with van der Waals surface area (Å²) in [6, 6.07) is 116. The first kappa shape index (κ1) is 51.7. The van der Waals surface area contributed by atoms with E-state index in [4.69, 9.17) is 9.97 Å². The third-order valence-electron chi connectivity index (χ3n) is 17.2. The summed E-state index contributed by atoms with van der Waals surface area (Å²) in [5, 5.41) is 16.4. The van der Waals surface area contributed by atoms with Gasteiger partial charge in [-0.3, -0.25) is 0 Å². The number of hydrogen-bond acceptors (Lipinski definition) is 3. The lowest BCUT2D eigenvalue weighted by atomic mass is 9.89. The second-order valence-corrected chi connectivity index (χ2v) is 22.3. The molecule has 0 aliphatic heterocycles. The lowest BCUT2D eigenvalue weighted by Gasteiger charge is -2.16. The highest BCUT2D eigenvalue weighted by Gasteiger charge is 2.24. The number of aromatic nitrogens is 4. The van der Waals surface area contributed by atoms with Crippen LogP contribution in [0.15, 0.2) is 322 Å². The van der Waals surface area contributed by atoms with Gasteiger partial charge in [0.15, 0.2) is 5.82 Å². The van der Waals surface area contributed by atoms with Gasteiger partial charge in [0.2, 0.25) is 0 Å². The number of nitrogens with zero attached hydrogens (tertiary/aromatic N) is 5. The maximum Gasteiger partial charge on any atom is 0.160 e. The van der Waals surface area contributed by atoms with Crippen LogP contribution >= 0.6 is 0 Å². The SMILES string of the molecule is N#Cc1c(-c2ccc(-n3c4cccc(-c5ccccc5)c4c4c(-c5ccccc5)cccc43)cc2)cc(-c2cc(-c3ccccc3)nc(-c3ccccc3)n2)cc1-c1ccc(-n2c3cccc(-c4ccccc4)c3c3c(-c4ccccc4)cccc32)cc1. The molecular formula is C83H53N5. The Bertz CT molecular complexity index is 4800. The summed E-state index contributed by atoms with van der Waals surface area (Å²) < 4.78 is 4.78. The van der Waals surface area contributed by atoms with Crippen LogP contribution in [0.1, 0.15) is 5.56 Å². The Morgan fingerprint density at radius 1 is 0.239 bits per heavy atom. The van der Waals surface area contributed by atoms with Gasteiger partial charge in [0.05, 0.1) is 39.0 Å². The molecule has 0 aliphatic carbocycles. The Balaban J connectivity index is 0.889. The van der Waals surface area contributed by atoms with E-state index in [0.717, 1.165) is 106 Å². The van der Waals surface area contributed by atoms with Gasteiger partial charge in [-0.05, 0) is 122 Å². The number of nitriles is 1. The molecule has 13 aromatic carbocycles. The largest absolute Gasteiger partial charge is 0.309 e. The first-order valence-electron chi connectivity index (χ1n) is 29.8. The monoisotopic (exact) mass is 1120 g/mol. The number of rotatable bonds is 11. The van der Waals surface area contributed by atoms with Gasteiger partial charge in [0.1, 0.15) is 6.07 Å². The second kappa shape index (κ2) is 21.9. The molecule has 0 spiro atoms. The van der Waals surface area contributed by atoms with Gasteiger partial charge in [-0.1, -0.05) is 255 Å². The van der Waals surface area contributed by atoms with E-state index in [9.17, 15) is 5.26 Å². The molecule has 16 aromatic rings. The first-order chi connectivity index (χ1) is 43.6. The number of benzene rings is 13. The molecular weight excluding hydrogens is 1070 g/mol. The van der Waals surface area contributed by atoms with Crippen molar-refractivity contribution in [3.05, 3.63) is 327 Å². The highest BCUT2D eigenvalue weighted by atomic mass is 15.0. The van der Waals surface area contributed by atoms with Gasteiger partial charge in [-0.2, -0.15) is 5.26 Å². The van der Waals surface area contributed by atoms with Crippen molar-refractivity contribution in [3.8, 4) is 118 Å². The maximum atomic E-state index is 11.6. The molecule has 0 saturated heterocycles. The lowest BCUT2D eigenvalue weighted by molar-refractivity contribution is 1.18. The standard InChI is InChI=1S/C83H53N5/c84-54-72-70(59-43-47-64(48-44-59)87-75-39-19-35-66(55-23-7-1-8-24-55)79(75)80-67(36-20-40-76(80)87)56-25-9-2-10-26-56)51-63(74-53-73(61-31-15-5-16-32-61)85-83(86-74)62-33-17-6-18-34-62)52-71(72)60-45-49-65(50-46-60)88-77-41-21-37-68(57-27-11-3-12-28-57)81(77)82-69(38-22-42-78(82)88)58-29-13-4-14-30-58/h1-53H. The van der Waals surface area contributed by atoms with Crippen molar-refractivity contribution in [1.29, 1.82) is 5.26 Å². The number of fused-ring (bicyclic) bond motifs is 6. The van der Waals surface area contributed by atoms with Crippen molar-refractivity contribution in [1.82, 2.24) is 19.1 Å². The van der Waals surface area contributed by atoms with Crippen molar-refractivity contribution < 1.29 is 0 Å². The minimum absolute atomic E-state index is 0.568. The molecule has 0 N–H and O–H groups in total. The van der Waals surface area contributed by atoms with Crippen LogP contribution in [0.4, 0.5) is 0 Å². The highest BCUT2D eigenvalue weighted by Crippen LogP contribution is 2.46. The van der Waals surface area contributed by atoms with Crippen LogP contribution in [-0.2, 0) is 0 Å². The normalized spacial score (nSPS) is 11.4. The summed E-state index contributed by atoms with van der Waals surface area (Å²) in [5.41, 5.74) is 24.1. The van der Waals surface area contributed by atoms with Crippen LogP contribution in [0.5, 0.6) is 0 Å². The van der Waals surface area contributed by atoms with E-state index in [0.29, 0.717) is 11.4 Å². The van der Waals surface area contributed by atoms with Crippen molar-refractivity contribution >= 4 is 43.6 Å². The van der Waals surface area contributed by atoms with E-state index in [1.807, 2.05) is 36.4 Å². The Kier molecular flexibility index (Phi) is 12.9. The Hall–Kier alpha value is -12.0. The van der Waals surface area contributed by atoms with Gasteiger partial charge in [-0.15, -0.1) is 0 Å². The fourth-order valence-corrected chi connectivity index (χ4v) is 13.2. The molecule has 0 aliphatic rings. The van der Waals surface area contributed by atoms with E-state index < -0.39 is 0 Å². The minimum Gasteiger partial charge on any atom is -0.309 e. The summed E-state index contributed by atoms with van der Waals surface area (Å²) in [4.78, 5) is 10.5. The Morgan fingerprint density at radius 2 is 0.523 bits per heavy atom. The molecule has 88 heavy (non-hydrogen) atoms. The van der Waals surface area contributed by atoms with Crippen LogP contribution in [0.3, 0.4) is 0 Å². The van der Waals surface area contributed by atoms with Crippen LogP contribution in [0.2, 0.25) is 0 Å². The van der Waals surface area contributed by atoms with Crippen LogP contribution in [0.25, 0.3) is 156 Å². The maximum absolute atomic E-state index is 11.6. The van der Waals surface area contributed by atoms with E-state index in [-0.39, 0.29) is 0 Å². The summed E-state index contributed by atoms with van der Waals surface area (Å²) in [6.45, 7) is 0. The highest BCUT2D eigenvalue weighted by molar-refractivity contribution is 6.22. The fourth-order valence-electron chi connectivity index (χ4n) is 13.2. The van der Waals surface area contributed by atoms with Crippen LogP contribution < -0.4 is 0 Å². The molecule has 3 aromatic heterocycles. The third kappa shape index (κ3) is 8.95. The van der Waals surface area contributed by atoms with Crippen molar-refractivity contribution in [2.24, 2.45) is 0 Å². The second-order valence-electron chi connectivity index (χ2n) is 22.3. The smallest absolute Gasteiger partial charge is 0.160 e. The van der Waals surface area contributed by atoms with Gasteiger partial charge in [0.25, 0.3) is 0 Å². The van der Waals surface area contributed by atoms with Crippen molar-refractivity contribution in [2.75, 3.05) is 0 Å². The van der Waals surface area contributed by atoms with Crippen molar-refractivity contribution in [3.63, 3.8) is 0 Å². The fraction of sp³-hybridized carbons (Fsp3) is 0. The van der Waals surface area contributed by atoms with E-state index in [2.05, 4.69) is 300 Å². The van der Waals surface area contributed by atoms with Crippen LogP contribution in [-0.4, -0.2) is 19.1 Å². The topological polar surface area (TPSA) is 59.4 Å². The molecule has 0 fully saturated rings. The predicted molar refractivity (Wildman–Crippen MR) is 364 cm³/mol. The zero-order chi connectivity index (χ0) is 58.5. The molecule has 410 valence electrons. The van der Waals surface area contributed by atoms with Crippen molar-refractivity contribution in [2.45, 2.75) is 0 Å². The average Bonchev–Trinajstić information content (AvgIpc) is 1.68. The molecule has 0 amide bonds. The molecule has 0 atom stereocenters. The molecule has 0 bridgehead atoms. The summed E-state index contributed by atoms with van der Waals surface area (Å²) in [7, 11) is 0.